The SMILES string of the molecule is CCCCCCCCn1cc[n+](C)c1.[Cl][In-]([I])([I])[I]. The standard InChI is InChI=1S/C12H23N2.ClH.3HI.In/c1-3-4-5-6-7-8-9-14-11-10-13(2)12-14;;;;;/h10-12H,3-9H2,1-2H3;4*1H;/q+1;;;;;+3/p-4. The summed E-state index contributed by atoms with van der Waals surface area (Å²) in [6.07, 6.45) is 12.8. The first-order valence-electron chi connectivity index (χ1n) is 6.71. The van der Waals surface area contributed by atoms with Crippen molar-refractivity contribution in [2.45, 2.75) is 52.0 Å². The van der Waals surface area contributed by atoms with Gasteiger partial charge in [0.05, 0.1) is 13.6 Å². The van der Waals surface area contributed by atoms with Crippen LogP contribution in [0.2, 0.25) is 0 Å². The van der Waals surface area contributed by atoms with E-state index in [-0.39, 0.29) is 0 Å². The van der Waals surface area contributed by atoms with Gasteiger partial charge in [0.1, 0.15) is 12.4 Å². The molecule has 0 radical (unpaired) electrons. The molecule has 0 fully saturated rings. The van der Waals surface area contributed by atoms with Gasteiger partial charge in [0.2, 0.25) is 6.33 Å². The van der Waals surface area contributed by atoms with Crippen LogP contribution >= 0.6 is 63.0 Å². The van der Waals surface area contributed by atoms with Gasteiger partial charge in [-0.1, -0.05) is 32.6 Å². The number of aromatic nitrogens is 2. The van der Waals surface area contributed by atoms with Crippen LogP contribution < -0.4 is 4.57 Å². The maximum atomic E-state index is 5.71. The van der Waals surface area contributed by atoms with Crippen LogP contribution in [0, 0.1) is 0 Å². The zero-order chi connectivity index (χ0) is 14.7. The maximum absolute atomic E-state index is 5.71. The number of hydrogen-bond donors (Lipinski definition) is 0. The number of nitrogens with zero attached hydrogens (tertiary/aromatic N) is 2. The van der Waals surface area contributed by atoms with Gasteiger partial charge >= 0.3 is 69.3 Å². The van der Waals surface area contributed by atoms with Crippen LogP contribution in [0.3, 0.4) is 0 Å². The predicted octanol–water partition coefficient (Wildman–Crippen LogP) is 5.64. The minimum atomic E-state index is -1.88. The summed E-state index contributed by atoms with van der Waals surface area (Å²) >= 11 is 7.01. The van der Waals surface area contributed by atoms with Gasteiger partial charge in [0, 0.05) is 0 Å². The van der Waals surface area contributed by atoms with Gasteiger partial charge in [-0.15, -0.1) is 0 Å². The molecule has 0 amide bonds. The molecular formula is C12H23ClI3InN2. The van der Waals surface area contributed by atoms with Gasteiger partial charge in [0.15, 0.2) is 0 Å². The Morgan fingerprint density at radius 1 is 1.11 bits per heavy atom. The van der Waals surface area contributed by atoms with Crippen molar-refractivity contribution in [2.24, 2.45) is 7.05 Å². The molecule has 0 atom stereocenters. The van der Waals surface area contributed by atoms with Crippen molar-refractivity contribution in [3.63, 3.8) is 0 Å². The second-order valence-corrected chi connectivity index (χ2v) is 112. The Morgan fingerprint density at radius 3 is 2.11 bits per heavy atom. The van der Waals surface area contributed by atoms with Crippen molar-refractivity contribution in [3.05, 3.63) is 18.7 Å². The van der Waals surface area contributed by atoms with Crippen LogP contribution in [0.15, 0.2) is 18.7 Å². The first-order valence-corrected chi connectivity index (χ1v) is 39.7. The van der Waals surface area contributed by atoms with Crippen LogP contribution in [0.25, 0.3) is 0 Å². The Bertz CT molecular complexity index is 323. The van der Waals surface area contributed by atoms with Crippen LogP contribution in [0.4, 0.5) is 0 Å². The second-order valence-electron chi connectivity index (χ2n) is 4.58. The van der Waals surface area contributed by atoms with E-state index in [4.69, 9.17) is 8.58 Å². The molecule has 0 N–H and O–H groups in total. The number of halogens is 4. The number of hydrogen-bond acceptors (Lipinski definition) is 0. The average Bonchev–Trinajstić information content (AvgIpc) is 2.67. The summed E-state index contributed by atoms with van der Waals surface area (Å²) < 4.78 is 4.36. The zero-order valence-corrected chi connectivity index (χ0v) is 22.2. The van der Waals surface area contributed by atoms with E-state index in [1.807, 2.05) is 0 Å². The third kappa shape index (κ3) is 18.5. The summed E-state index contributed by atoms with van der Waals surface area (Å²) in [5.41, 5.74) is 0. The molecule has 112 valence electrons. The molecule has 0 aromatic carbocycles. The quantitative estimate of drug-likeness (QED) is 0.196. The van der Waals surface area contributed by atoms with E-state index in [0.29, 0.717) is 0 Å². The topological polar surface area (TPSA) is 8.81 Å². The molecule has 0 aliphatic rings. The first-order chi connectivity index (χ1) is 8.83. The molecule has 2 nitrogen and oxygen atoms in total. The van der Waals surface area contributed by atoms with Crippen molar-refractivity contribution in [1.29, 1.82) is 0 Å². The zero-order valence-electron chi connectivity index (χ0n) is 11.7. The molecule has 0 saturated carbocycles. The monoisotopic (exact) mass is 726 g/mol. The molecule has 0 unspecified atom stereocenters. The molecule has 0 aliphatic heterocycles. The summed E-state index contributed by atoms with van der Waals surface area (Å²) in [5.74, 6) is 0. The fourth-order valence-electron chi connectivity index (χ4n) is 1.71. The molecule has 1 rings (SSSR count). The van der Waals surface area contributed by atoms with Gasteiger partial charge in [-0.25, -0.2) is 9.13 Å². The number of unbranched alkanes of at least 4 members (excludes halogenated alkanes) is 5. The Morgan fingerprint density at radius 2 is 1.63 bits per heavy atom. The molecule has 1 aromatic rings. The Balaban J connectivity index is 0.000000555. The van der Waals surface area contributed by atoms with Crippen molar-refractivity contribution < 1.29 is 4.57 Å². The minimum absolute atomic E-state index is 1.17. The summed E-state index contributed by atoms with van der Waals surface area (Å²) in [6.45, 7) is 3.44. The van der Waals surface area contributed by atoms with E-state index in [0.717, 1.165) is 0 Å². The van der Waals surface area contributed by atoms with E-state index in [1.54, 1.807) is 0 Å². The summed E-state index contributed by atoms with van der Waals surface area (Å²) in [7, 11) is 7.78. The summed E-state index contributed by atoms with van der Waals surface area (Å²) in [5, 5.41) is 0. The van der Waals surface area contributed by atoms with Crippen molar-refractivity contribution in [2.75, 3.05) is 0 Å². The van der Waals surface area contributed by atoms with Crippen molar-refractivity contribution in [1.82, 2.24) is 4.57 Å². The van der Waals surface area contributed by atoms with Crippen LogP contribution in [-0.2, 0) is 13.6 Å². The van der Waals surface area contributed by atoms with E-state index in [9.17, 15) is 0 Å². The van der Waals surface area contributed by atoms with Crippen LogP contribution in [-0.4, -0.2) is 10.9 Å². The third-order valence-corrected chi connectivity index (χ3v) is 2.59. The fourth-order valence-corrected chi connectivity index (χ4v) is 1.71. The van der Waals surface area contributed by atoms with Gasteiger partial charge < -0.3 is 0 Å². The summed E-state index contributed by atoms with van der Waals surface area (Å²) in [4.78, 5) is 0. The predicted molar refractivity (Wildman–Crippen MR) is 113 cm³/mol. The van der Waals surface area contributed by atoms with Gasteiger partial charge in [-0.2, -0.15) is 0 Å². The van der Waals surface area contributed by atoms with Gasteiger partial charge in [0.25, 0.3) is 0 Å². The van der Waals surface area contributed by atoms with Gasteiger partial charge in [-0.05, 0) is 12.8 Å². The Hall–Kier alpha value is 2.56. The molecule has 0 spiro atoms. The van der Waals surface area contributed by atoms with E-state index in [2.05, 4.69) is 96.2 Å². The number of aryl methyl sites for hydroxylation is 2. The normalized spacial score (nSPS) is 11.1. The van der Waals surface area contributed by atoms with E-state index >= 15 is 0 Å². The number of rotatable bonds is 7. The summed E-state index contributed by atoms with van der Waals surface area (Å²) in [6, 6.07) is 0. The molecule has 1 heterocycles. The van der Waals surface area contributed by atoms with Crippen LogP contribution in [0.5, 0.6) is 0 Å². The first kappa shape index (κ1) is 21.6. The molecule has 0 bridgehead atoms. The van der Waals surface area contributed by atoms with E-state index in [1.165, 1.54) is 45.1 Å². The fraction of sp³-hybridized carbons (Fsp3) is 0.750. The molecule has 0 saturated heterocycles. The Kier molecular flexibility index (Phi) is 14.8. The Labute approximate surface area is 153 Å². The molecule has 19 heavy (non-hydrogen) atoms. The van der Waals surface area contributed by atoms with Crippen LogP contribution in [0.1, 0.15) is 45.4 Å². The average molecular weight is 726 g/mol. The second kappa shape index (κ2) is 13.0. The molecular weight excluding hydrogens is 703 g/mol. The van der Waals surface area contributed by atoms with Crippen molar-refractivity contribution in [3.8, 4) is 0 Å². The van der Waals surface area contributed by atoms with E-state index < -0.39 is 6.32 Å². The molecule has 0 aliphatic carbocycles. The molecule has 7 heteroatoms. The van der Waals surface area contributed by atoms with Crippen molar-refractivity contribution >= 4 is 69.3 Å². The third-order valence-electron chi connectivity index (χ3n) is 2.59. The number of imidazole rings is 1. The van der Waals surface area contributed by atoms with Gasteiger partial charge in [-0.3, -0.25) is 0 Å². The molecule has 1 aromatic heterocycles.